The molecular formula is C19H29N5O. The molecule has 25 heavy (non-hydrogen) atoms. The smallest absolute Gasteiger partial charge is 0.258 e. The highest BCUT2D eigenvalue weighted by Gasteiger charge is 2.20. The summed E-state index contributed by atoms with van der Waals surface area (Å²) in [5.41, 5.74) is 0.899. The van der Waals surface area contributed by atoms with Gasteiger partial charge in [0.25, 0.3) is 5.89 Å². The lowest BCUT2D eigenvalue weighted by Gasteiger charge is -2.35. The highest BCUT2D eigenvalue weighted by molar-refractivity contribution is 5.57. The van der Waals surface area contributed by atoms with Gasteiger partial charge in [0.1, 0.15) is 5.82 Å². The van der Waals surface area contributed by atoms with Gasteiger partial charge in [0, 0.05) is 36.8 Å². The van der Waals surface area contributed by atoms with Crippen molar-refractivity contribution in [2.24, 2.45) is 5.92 Å². The molecule has 6 heteroatoms. The van der Waals surface area contributed by atoms with Gasteiger partial charge in [-0.2, -0.15) is 4.98 Å². The Morgan fingerprint density at radius 3 is 2.92 bits per heavy atom. The van der Waals surface area contributed by atoms with Crippen LogP contribution >= 0.6 is 0 Å². The van der Waals surface area contributed by atoms with Crippen LogP contribution in [0.1, 0.15) is 52.3 Å². The van der Waals surface area contributed by atoms with Crippen LogP contribution in [-0.2, 0) is 0 Å². The number of hydrogen-bond donors (Lipinski definition) is 1. The molecule has 0 amide bonds. The monoisotopic (exact) mass is 343 g/mol. The fraction of sp³-hybridized carbons (Fsp3) is 0.632. The van der Waals surface area contributed by atoms with Crippen LogP contribution in [0.3, 0.4) is 0 Å². The summed E-state index contributed by atoms with van der Waals surface area (Å²) in [6.45, 7) is 12.0. The van der Waals surface area contributed by atoms with E-state index in [1.54, 1.807) is 6.20 Å². The molecule has 1 N–H and O–H groups in total. The molecule has 2 atom stereocenters. The second kappa shape index (κ2) is 7.95. The number of piperidine rings is 1. The minimum absolute atomic E-state index is 0.254. The molecule has 3 heterocycles. The predicted molar refractivity (Wildman–Crippen MR) is 99.5 cm³/mol. The molecule has 136 valence electrons. The zero-order valence-corrected chi connectivity index (χ0v) is 15.7. The molecular weight excluding hydrogens is 314 g/mol. The van der Waals surface area contributed by atoms with Crippen molar-refractivity contribution in [2.75, 3.05) is 25.0 Å². The summed E-state index contributed by atoms with van der Waals surface area (Å²) in [6.07, 6.45) is 4.43. The van der Waals surface area contributed by atoms with Gasteiger partial charge in [-0.3, -0.25) is 4.90 Å². The second-order valence-electron chi connectivity index (χ2n) is 7.51. The van der Waals surface area contributed by atoms with Crippen molar-refractivity contribution in [1.29, 1.82) is 0 Å². The van der Waals surface area contributed by atoms with Crippen molar-refractivity contribution in [3.8, 4) is 11.5 Å². The molecule has 2 unspecified atom stereocenters. The Hall–Kier alpha value is -1.95. The lowest BCUT2D eigenvalue weighted by Crippen LogP contribution is -2.43. The summed E-state index contributed by atoms with van der Waals surface area (Å²) in [5.74, 6) is 3.18. The molecule has 1 aliphatic rings. The average molecular weight is 343 g/mol. The number of nitrogens with zero attached hydrogens (tertiary/aromatic N) is 4. The van der Waals surface area contributed by atoms with Gasteiger partial charge < -0.3 is 9.84 Å². The Morgan fingerprint density at radius 2 is 2.20 bits per heavy atom. The average Bonchev–Trinajstić information content (AvgIpc) is 3.10. The first-order valence-electron chi connectivity index (χ1n) is 9.31. The second-order valence-corrected chi connectivity index (χ2v) is 7.51. The number of anilines is 1. The van der Waals surface area contributed by atoms with E-state index in [1.807, 2.05) is 12.1 Å². The van der Waals surface area contributed by atoms with Crippen molar-refractivity contribution in [3.05, 3.63) is 24.2 Å². The van der Waals surface area contributed by atoms with E-state index in [9.17, 15) is 0 Å². The number of aromatic nitrogens is 3. The van der Waals surface area contributed by atoms with Gasteiger partial charge in [0.05, 0.1) is 0 Å². The first kappa shape index (κ1) is 17.9. The van der Waals surface area contributed by atoms with E-state index in [-0.39, 0.29) is 5.92 Å². The van der Waals surface area contributed by atoms with E-state index in [2.05, 4.69) is 53.0 Å². The van der Waals surface area contributed by atoms with Crippen LogP contribution in [0.2, 0.25) is 0 Å². The number of pyridine rings is 1. The van der Waals surface area contributed by atoms with E-state index in [1.165, 1.54) is 25.9 Å². The van der Waals surface area contributed by atoms with E-state index < -0.39 is 0 Å². The van der Waals surface area contributed by atoms with Gasteiger partial charge in [-0.05, 0) is 44.4 Å². The zero-order valence-electron chi connectivity index (χ0n) is 15.7. The highest BCUT2D eigenvalue weighted by Crippen LogP contribution is 2.22. The quantitative estimate of drug-likeness (QED) is 0.861. The van der Waals surface area contributed by atoms with Crippen LogP contribution in [0.5, 0.6) is 0 Å². The highest BCUT2D eigenvalue weighted by atomic mass is 16.5. The Labute approximate surface area is 150 Å². The number of hydrogen-bond acceptors (Lipinski definition) is 6. The molecule has 0 aliphatic carbocycles. The van der Waals surface area contributed by atoms with Gasteiger partial charge in [0.15, 0.2) is 5.82 Å². The molecule has 0 bridgehead atoms. The van der Waals surface area contributed by atoms with Crippen molar-refractivity contribution in [3.63, 3.8) is 0 Å². The number of rotatable bonds is 6. The van der Waals surface area contributed by atoms with E-state index in [0.717, 1.165) is 29.7 Å². The van der Waals surface area contributed by atoms with E-state index >= 15 is 0 Å². The Morgan fingerprint density at radius 1 is 1.36 bits per heavy atom. The Balaban J connectivity index is 1.61. The molecule has 0 saturated carbocycles. The molecule has 0 radical (unpaired) electrons. The van der Waals surface area contributed by atoms with E-state index in [4.69, 9.17) is 4.52 Å². The summed E-state index contributed by atoms with van der Waals surface area (Å²) < 4.78 is 5.37. The fourth-order valence-corrected chi connectivity index (χ4v) is 3.25. The molecule has 1 saturated heterocycles. The third-order valence-corrected chi connectivity index (χ3v) is 4.86. The summed E-state index contributed by atoms with van der Waals surface area (Å²) in [4.78, 5) is 11.4. The minimum Gasteiger partial charge on any atom is -0.368 e. The minimum atomic E-state index is 0.254. The largest absolute Gasteiger partial charge is 0.368 e. The molecule has 2 aromatic rings. The maximum Gasteiger partial charge on any atom is 0.258 e. The zero-order chi connectivity index (χ0) is 17.8. The van der Waals surface area contributed by atoms with Crippen molar-refractivity contribution < 1.29 is 4.52 Å². The van der Waals surface area contributed by atoms with Crippen LogP contribution in [-0.4, -0.2) is 45.7 Å². The maximum absolute atomic E-state index is 5.37. The molecule has 3 rings (SSSR count). The maximum atomic E-state index is 5.37. The number of nitrogens with one attached hydrogen (secondary N) is 1. The van der Waals surface area contributed by atoms with Gasteiger partial charge in [0.2, 0.25) is 0 Å². The fourth-order valence-electron chi connectivity index (χ4n) is 3.25. The predicted octanol–water partition coefficient (Wildman–Crippen LogP) is 3.79. The third-order valence-electron chi connectivity index (χ3n) is 4.86. The summed E-state index contributed by atoms with van der Waals surface area (Å²) in [5, 5.41) is 7.48. The van der Waals surface area contributed by atoms with Crippen LogP contribution in [0, 0.1) is 5.92 Å². The standard InChI is InChI=1S/C19H29N5O/c1-13(2)18-22-19(25-23-18)16-7-8-20-17(10-16)21-11-15(4)24-9-5-6-14(3)12-24/h7-8,10,13-15H,5-6,9,11-12H2,1-4H3,(H,20,21). The van der Waals surface area contributed by atoms with Crippen LogP contribution < -0.4 is 5.32 Å². The summed E-state index contributed by atoms with van der Waals surface area (Å²) >= 11 is 0. The molecule has 6 nitrogen and oxygen atoms in total. The molecule has 1 aliphatic heterocycles. The van der Waals surface area contributed by atoms with Gasteiger partial charge in [-0.15, -0.1) is 0 Å². The van der Waals surface area contributed by atoms with Crippen molar-refractivity contribution in [1.82, 2.24) is 20.0 Å². The topological polar surface area (TPSA) is 67.1 Å². The molecule has 0 aromatic carbocycles. The third kappa shape index (κ3) is 4.57. The first-order chi connectivity index (χ1) is 12.0. The Kier molecular flexibility index (Phi) is 5.68. The van der Waals surface area contributed by atoms with Crippen LogP contribution in [0.15, 0.2) is 22.9 Å². The van der Waals surface area contributed by atoms with Gasteiger partial charge in [-0.1, -0.05) is 25.9 Å². The normalized spacial score (nSPS) is 20.0. The molecule has 0 spiro atoms. The first-order valence-corrected chi connectivity index (χ1v) is 9.31. The lowest BCUT2D eigenvalue weighted by molar-refractivity contribution is 0.144. The summed E-state index contributed by atoms with van der Waals surface area (Å²) in [7, 11) is 0. The van der Waals surface area contributed by atoms with Crippen molar-refractivity contribution in [2.45, 2.75) is 52.5 Å². The molecule has 2 aromatic heterocycles. The SMILES string of the molecule is CC1CCCN(C(C)CNc2cc(-c3nc(C(C)C)no3)ccn2)C1. The van der Waals surface area contributed by atoms with Crippen LogP contribution in [0.4, 0.5) is 5.82 Å². The Bertz CT molecular complexity index is 684. The summed E-state index contributed by atoms with van der Waals surface area (Å²) in [6, 6.07) is 4.37. The van der Waals surface area contributed by atoms with Gasteiger partial charge >= 0.3 is 0 Å². The van der Waals surface area contributed by atoms with Crippen LogP contribution in [0.25, 0.3) is 11.5 Å². The van der Waals surface area contributed by atoms with Crippen molar-refractivity contribution >= 4 is 5.82 Å². The van der Waals surface area contributed by atoms with E-state index in [0.29, 0.717) is 11.9 Å². The lowest BCUT2D eigenvalue weighted by atomic mass is 9.99. The number of likely N-dealkylation sites (tertiary alicyclic amines) is 1. The van der Waals surface area contributed by atoms with Gasteiger partial charge in [-0.25, -0.2) is 4.98 Å². The molecule has 1 fully saturated rings.